The molecule has 154 valence electrons. The molecule has 0 aromatic heterocycles. The molecule has 2 aromatic carbocycles. The average Bonchev–Trinajstić information content (AvgIpc) is 2.73. The third-order valence-corrected chi connectivity index (χ3v) is 4.83. The Morgan fingerprint density at radius 3 is 2.21 bits per heavy atom. The van der Waals surface area contributed by atoms with Gasteiger partial charge in [-0.2, -0.15) is 0 Å². The second-order valence-corrected chi connectivity index (χ2v) is 6.82. The van der Waals surface area contributed by atoms with Crippen LogP contribution in [0.4, 0.5) is 20.2 Å². The van der Waals surface area contributed by atoms with Crippen molar-refractivity contribution in [3.8, 4) is 0 Å². The summed E-state index contributed by atoms with van der Waals surface area (Å²) in [6.07, 6.45) is 0.679. The molecule has 0 spiro atoms. The Bertz CT molecular complexity index is 854. The van der Waals surface area contributed by atoms with E-state index in [1.165, 1.54) is 24.3 Å². The van der Waals surface area contributed by atoms with Crippen LogP contribution in [0.25, 0.3) is 0 Å². The summed E-state index contributed by atoms with van der Waals surface area (Å²) in [5.41, 5.74) is 0.598. The first-order valence-electron chi connectivity index (χ1n) is 9.60. The summed E-state index contributed by atoms with van der Waals surface area (Å²) in [6, 6.07) is 12.4. The number of hydrogen-bond acceptors (Lipinski definition) is 4. The largest absolute Gasteiger partial charge is 0.367 e. The minimum atomic E-state index is -0.895. The van der Waals surface area contributed by atoms with E-state index in [2.05, 4.69) is 15.5 Å². The number of amides is 2. The van der Waals surface area contributed by atoms with E-state index in [0.29, 0.717) is 18.7 Å². The van der Waals surface area contributed by atoms with Crippen molar-refractivity contribution in [2.24, 2.45) is 0 Å². The predicted octanol–water partition coefficient (Wildman–Crippen LogP) is 2.23. The van der Waals surface area contributed by atoms with Gasteiger partial charge >= 0.3 is 11.8 Å². The highest BCUT2D eigenvalue weighted by molar-refractivity contribution is 6.39. The number of nitrogens with one attached hydrogen (secondary N) is 2. The van der Waals surface area contributed by atoms with E-state index in [9.17, 15) is 18.4 Å². The van der Waals surface area contributed by atoms with Crippen molar-refractivity contribution in [1.82, 2.24) is 10.2 Å². The van der Waals surface area contributed by atoms with Crippen LogP contribution in [-0.4, -0.2) is 56.0 Å². The maximum atomic E-state index is 13.9. The van der Waals surface area contributed by atoms with Crippen molar-refractivity contribution in [1.29, 1.82) is 0 Å². The number of carbonyl (C=O) groups is 2. The van der Waals surface area contributed by atoms with E-state index in [4.69, 9.17) is 0 Å². The minimum absolute atomic E-state index is 0.0274. The standard InChI is InChI=1S/C21H24F2N4O2/c22-16-6-1-3-8-18(16)25-21(29)20(28)24-10-5-11-26-12-14-27(15-13-26)19-9-4-2-7-17(19)23/h1-4,6-9H,5,10-15H2,(H,24,28)(H,25,29). The van der Waals surface area contributed by atoms with Crippen LogP contribution in [0.1, 0.15) is 6.42 Å². The molecule has 0 unspecified atom stereocenters. The second kappa shape index (κ2) is 9.97. The van der Waals surface area contributed by atoms with Gasteiger partial charge in [0.2, 0.25) is 0 Å². The first kappa shape index (κ1) is 20.7. The van der Waals surface area contributed by atoms with Crippen LogP contribution in [0.15, 0.2) is 48.5 Å². The molecule has 0 atom stereocenters. The number of anilines is 2. The van der Waals surface area contributed by atoms with Crippen molar-refractivity contribution in [3.63, 3.8) is 0 Å². The van der Waals surface area contributed by atoms with Gasteiger partial charge in [-0.1, -0.05) is 24.3 Å². The van der Waals surface area contributed by atoms with Gasteiger partial charge in [-0.05, 0) is 37.2 Å². The summed E-state index contributed by atoms with van der Waals surface area (Å²) in [5, 5.41) is 4.80. The topological polar surface area (TPSA) is 64.7 Å². The molecule has 6 nitrogen and oxygen atoms in total. The second-order valence-electron chi connectivity index (χ2n) is 6.82. The number of halogens is 2. The molecule has 0 saturated carbocycles. The number of nitrogens with zero attached hydrogens (tertiary/aromatic N) is 2. The fourth-order valence-corrected chi connectivity index (χ4v) is 3.25. The van der Waals surface area contributed by atoms with Gasteiger partial charge < -0.3 is 15.5 Å². The molecule has 2 aromatic rings. The van der Waals surface area contributed by atoms with Gasteiger partial charge in [0.1, 0.15) is 11.6 Å². The number of hydrogen-bond donors (Lipinski definition) is 2. The third-order valence-electron chi connectivity index (χ3n) is 4.83. The number of para-hydroxylation sites is 2. The molecule has 0 bridgehead atoms. The molecule has 1 saturated heterocycles. The number of carbonyl (C=O) groups excluding carboxylic acids is 2. The van der Waals surface area contributed by atoms with Crippen molar-refractivity contribution in [2.75, 3.05) is 49.5 Å². The first-order valence-corrected chi connectivity index (χ1v) is 9.60. The quantitative estimate of drug-likeness (QED) is 0.575. The van der Waals surface area contributed by atoms with Crippen molar-refractivity contribution in [2.45, 2.75) is 6.42 Å². The van der Waals surface area contributed by atoms with Gasteiger partial charge in [0.05, 0.1) is 11.4 Å². The fourth-order valence-electron chi connectivity index (χ4n) is 3.25. The zero-order valence-corrected chi connectivity index (χ0v) is 16.0. The molecule has 1 aliphatic rings. The lowest BCUT2D eigenvalue weighted by atomic mass is 10.2. The van der Waals surface area contributed by atoms with E-state index in [-0.39, 0.29) is 11.5 Å². The lowest BCUT2D eigenvalue weighted by Gasteiger charge is -2.36. The van der Waals surface area contributed by atoms with E-state index in [1.54, 1.807) is 18.2 Å². The highest BCUT2D eigenvalue weighted by Crippen LogP contribution is 2.20. The van der Waals surface area contributed by atoms with E-state index < -0.39 is 17.6 Å². The zero-order valence-electron chi connectivity index (χ0n) is 16.0. The number of benzene rings is 2. The van der Waals surface area contributed by atoms with Crippen LogP contribution >= 0.6 is 0 Å². The lowest BCUT2D eigenvalue weighted by Crippen LogP contribution is -2.47. The average molecular weight is 402 g/mol. The van der Waals surface area contributed by atoms with Crippen LogP contribution in [-0.2, 0) is 9.59 Å². The molecule has 2 N–H and O–H groups in total. The van der Waals surface area contributed by atoms with Gasteiger partial charge in [-0.3, -0.25) is 14.5 Å². The summed E-state index contributed by atoms with van der Waals surface area (Å²) in [7, 11) is 0. The van der Waals surface area contributed by atoms with Gasteiger partial charge in [-0.15, -0.1) is 0 Å². The first-order chi connectivity index (χ1) is 14.0. The Balaban J connectivity index is 1.34. The molecular formula is C21H24F2N4O2. The molecule has 2 amide bonds. The Hall–Kier alpha value is -3.00. The smallest absolute Gasteiger partial charge is 0.313 e. The van der Waals surface area contributed by atoms with E-state index >= 15 is 0 Å². The van der Waals surface area contributed by atoms with E-state index in [1.807, 2.05) is 11.0 Å². The van der Waals surface area contributed by atoms with Crippen LogP contribution in [0.2, 0.25) is 0 Å². The summed E-state index contributed by atoms with van der Waals surface area (Å²) >= 11 is 0. The molecule has 1 aliphatic heterocycles. The zero-order chi connectivity index (χ0) is 20.6. The van der Waals surface area contributed by atoms with Crippen molar-refractivity contribution >= 4 is 23.2 Å². The normalized spacial score (nSPS) is 14.5. The van der Waals surface area contributed by atoms with E-state index in [0.717, 1.165) is 32.7 Å². The summed E-state index contributed by atoms with van der Waals surface area (Å²) in [4.78, 5) is 27.9. The monoisotopic (exact) mass is 402 g/mol. The Kier molecular flexibility index (Phi) is 7.13. The number of rotatable bonds is 6. The molecular weight excluding hydrogens is 378 g/mol. The molecule has 0 aliphatic carbocycles. The Morgan fingerprint density at radius 2 is 1.52 bits per heavy atom. The van der Waals surface area contributed by atoms with Gasteiger partial charge in [0.25, 0.3) is 0 Å². The van der Waals surface area contributed by atoms with Crippen molar-refractivity contribution in [3.05, 3.63) is 60.2 Å². The molecule has 29 heavy (non-hydrogen) atoms. The van der Waals surface area contributed by atoms with Crippen molar-refractivity contribution < 1.29 is 18.4 Å². The maximum absolute atomic E-state index is 13.9. The lowest BCUT2D eigenvalue weighted by molar-refractivity contribution is -0.136. The molecule has 1 heterocycles. The summed E-state index contributed by atoms with van der Waals surface area (Å²) in [5.74, 6) is -2.49. The van der Waals surface area contributed by atoms with Gasteiger partial charge in [-0.25, -0.2) is 8.78 Å². The highest BCUT2D eigenvalue weighted by atomic mass is 19.1. The van der Waals surface area contributed by atoms with Crippen LogP contribution in [0.5, 0.6) is 0 Å². The molecule has 8 heteroatoms. The van der Waals surface area contributed by atoms with Crippen LogP contribution in [0, 0.1) is 11.6 Å². The minimum Gasteiger partial charge on any atom is -0.367 e. The summed E-state index contributed by atoms with van der Waals surface area (Å²) < 4.78 is 27.4. The Labute approximate surface area is 168 Å². The third kappa shape index (κ3) is 5.74. The number of piperazine rings is 1. The van der Waals surface area contributed by atoms with Gasteiger partial charge in [0, 0.05) is 32.7 Å². The summed E-state index contributed by atoms with van der Waals surface area (Å²) in [6.45, 7) is 4.18. The predicted molar refractivity (Wildman–Crippen MR) is 108 cm³/mol. The molecule has 0 radical (unpaired) electrons. The maximum Gasteiger partial charge on any atom is 0.313 e. The van der Waals surface area contributed by atoms with Crippen LogP contribution < -0.4 is 15.5 Å². The van der Waals surface area contributed by atoms with Gasteiger partial charge in [0.15, 0.2) is 0 Å². The fraction of sp³-hybridized carbons (Fsp3) is 0.333. The SMILES string of the molecule is O=C(NCCCN1CCN(c2ccccc2F)CC1)C(=O)Nc1ccccc1F. The Morgan fingerprint density at radius 1 is 0.862 bits per heavy atom. The van der Waals surface area contributed by atoms with Crippen LogP contribution in [0.3, 0.4) is 0 Å². The molecule has 3 rings (SSSR count). The highest BCUT2D eigenvalue weighted by Gasteiger charge is 2.19. The molecule has 1 fully saturated rings.